The summed E-state index contributed by atoms with van der Waals surface area (Å²) in [4.78, 5) is 163. The molecular formula is C58H87N17O14. The maximum absolute atomic E-state index is 15.0. The molecule has 31 heteroatoms. The van der Waals surface area contributed by atoms with E-state index in [0.29, 0.717) is 30.5 Å². The van der Waals surface area contributed by atoms with Gasteiger partial charge in [0.2, 0.25) is 47.3 Å². The van der Waals surface area contributed by atoms with E-state index in [9.17, 15) is 68.1 Å². The number of carbonyl (C=O) groups excluding carboxylic acids is 8. The molecule has 3 aromatic rings. The molecule has 1 aliphatic heterocycles. The van der Waals surface area contributed by atoms with Crippen molar-refractivity contribution in [2.24, 2.45) is 50.3 Å². The molecule has 89 heavy (non-hydrogen) atoms. The predicted molar refractivity (Wildman–Crippen MR) is 327 cm³/mol. The van der Waals surface area contributed by atoms with Crippen LogP contribution in [-0.4, -0.2) is 183 Å². The van der Waals surface area contributed by atoms with E-state index in [1.54, 1.807) is 56.4 Å². The molecule has 1 saturated heterocycles. The first-order valence-corrected chi connectivity index (χ1v) is 29.5. The minimum atomic E-state index is -1.90. The Labute approximate surface area is 514 Å². The monoisotopic (exact) mass is 1250 g/mol. The predicted octanol–water partition coefficient (Wildman–Crippen LogP) is -2.63. The van der Waals surface area contributed by atoms with Crippen molar-refractivity contribution in [2.75, 3.05) is 26.2 Å². The number of para-hydroxylation sites is 1. The number of nitrogens with one attached hydrogen (secondary N) is 8. The van der Waals surface area contributed by atoms with Gasteiger partial charge in [0.15, 0.2) is 11.9 Å². The second kappa shape index (κ2) is 36.7. The van der Waals surface area contributed by atoms with E-state index in [1.807, 2.05) is 18.2 Å². The van der Waals surface area contributed by atoms with E-state index in [4.69, 9.17) is 34.4 Å². The fourth-order valence-electron chi connectivity index (χ4n) is 9.99. The number of unbranched alkanes of at least 4 members (excludes halogenated alkanes) is 1. The smallest absolute Gasteiger partial charge is 0.326 e. The molecule has 0 spiro atoms. The number of carboxylic acid groups (broad SMARTS) is 3. The van der Waals surface area contributed by atoms with Gasteiger partial charge in [0.1, 0.15) is 48.3 Å². The standard InChI is InChI=1S/C58H87N17O14/c1-32(2)27-44(56(88)89)74-50(82)38(18-10-24-65-57(61)62)68-53(85)42(30-47(78)79)72-49(81)39(19-11-25-66-58(63)64)70-54(86)45-20-12-26-75(45)55(87)43(28-33-13-4-3-5-14-33)73-51(83)40(21-22-46(76)77)69-52(84)41(71-48(80)36(60)16-8-9-23-59)29-34-31-67-37-17-7-6-15-35(34)37/h3-7,13-15,17,31-32,36,38-45,67H,8-12,16,18-30,59-60H2,1-2H3,(H,68,85)(H,69,84)(H,70,86)(H,71,80)(H,72,81)(H,73,83)(H,74,82)(H,76,77)(H,78,79)(H,88,89)(H4,61,62,65)(H4,63,64,66)/t36-,38-,39-,40-,41-,42-,43-,44-,45-/m0/s1. The maximum Gasteiger partial charge on any atom is 0.326 e. The summed E-state index contributed by atoms with van der Waals surface area (Å²) in [6.45, 7) is 3.73. The minimum absolute atomic E-state index is 0.0148. The Kier molecular flexibility index (Phi) is 29.7. The SMILES string of the molecule is CC(C)C[C@H](NC(=O)[C@H](CCCN=C(N)N)NC(=O)[C@H](CC(=O)O)NC(=O)[C@H](CCCN=C(N)N)NC(=O)[C@@H]1CCCN1C(=O)[C@H](Cc1ccccc1)NC(=O)[C@H](CCC(=O)O)NC(=O)[C@H](Cc1c[nH]c2ccccc12)NC(=O)[C@@H](N)CCCCN)C(=O)O. The Morgan fingerprint density at radius 1 is 0.596 bits per heavy atom. The number of carbonyl (C=O) groups is 11. The molecule has 1 fully saturated rings. The van der Waals surface area contributed by atoms with Gasteiger partial charge in [0, 0.05) is 56.0 Å². The summed E-state index contributed by atoms with van der Waals surface area (Å²) in [7, 11) is 0. The molecule has 2 heterocycles. The number of carboxylic acids is 3. The van der Waals surface area contributed by atoms with Crippen LogP contribution in [0.1, 0.15) is 108 Å². The number of amides is 8. The normalized spacial score (nSPS) is 15.5. The highest BCUT2D eigenvalue weighted by Gasteiger charge is 2.41. The van der Waals surface area contributed by atoms with Crippen LogP contribution < -0.4 is 71.6 Å². The lowest BCUT2D eigenvalue weighted by Gasteiger charge is -2.31. The van der Waals surface area contributed by atoms with E-state index in [0.717, 1.165) is 10.9 Å². The molecule has 2 aromatic carbocycles. The van der Waals surface area contributed by atoms with Gasteiger partial charge in [-0.15, -0.1) is 0 Å². The Bertz CT molecular complexity index is 2970. The lowest BCUT2D eigenvalue weighted by Crippen LogP contribution is -2.60. The fraction of sp³-hybridized carbons (Fsp3) is 0.534. The largest absolute Gasteiger partial charge is 0.481 e. The van der Waals surface area contributed by atoms with Gasteiger partial charge in [0.25, 0.3) is 0 Å². The molecule has 1 aromatic heterocycles. The third-order valence-corrected chi connectivity index (χ3v) is 14.5. The number of nitrogens with two attached hydrogens (primary N) is 6. The molecule has 0 saturated carbocycles. The molecule has 0 unspecified atom stereocenters. The molecule has 0 bridgehead atoms. The van der Waals surface area contributed by atoms with Crippen molar-refractivity contribution in [1.82, 2.24) is 47.1 Å². The summed E-state index contributed by atoms with van der Waals surface area (Å²) in [6, 6.07) is 2.64. The highest BCUT2D eigenvalue weighted by atomic mass is 16.4. The summed E-state index contributed by atoms with van der Waals surface area (Å²) in [5, 5.41) is 48.1. The van der Waals surface area contributed by atoms with Crippen LogP contribution in [0.15, 0.2) is 70.8 Å². The number of rotatable bonds is 39. The number of aromatic nitrogens is 1. The molecule has 1 aliphatic rings. The highest BCUT2D eigenvalue weighted by Crippen LogP contribution is 2.23. The number of aliphatic carboxylic acids is 3. The summed E-state index contributed by atoms with van der Waals surface area (Å²) >= 11 is 0. The van der Waals surface area contributed by atoms with Crippen LogP contribution in [0.25, 0.3) is 10.9 Å². The maximum atomic E-state index is 15.0. The molecule has 8 amide bonds. The number of guanidine groups is 2. The molecule has 0 radical (unpaired) electrons. The number of H-pyrrole nitrogens is 1. The molecule has 0 aliphatic carbocycles. The number of benzene rings is 2. The zero-order valence-corrected chi connectivity index (χ0v) is 50.1. The second-order valence-electron chi connectivity index (χ2n) is 22.2. The van der Waals surface area contributed by atoms with Crippen LogP contribution in [0, 0.1) is 5.92 Å². The van der Waals surface area contributed by atoms with E-state index in [-0.39, 0.29) is 102 Å². The summed E-state index contributed by atoms with van der Waals surface area (Å²) < 4.78 is 0. The van der Waals surface area contributed by atoms with Crippen molar-refractivity contribution in [1.29, 1.82) is 0 Å². The first-order chi connectivity index (χ1) is 42.3. The molecule has 31 nitrogen and oxygen atoms in total. The molecule has 23 N–H and O–H groups in total. The van der Waals surface area contributed by atoms with Crippen LogP contribution in [0.3, 0.4) is 0 Å². The van der Waals surface area contributed by atoms with Crippen molar-refractivity contribution in [3.05, 3.63) is 71.9 Å². The number of hydrogen-bond acceptors (Lipinski definition) is 15. The zero-order chi connectivity index (χ0) is 65.7. The highest BCUT2D eigenvalue weighted by molar-refractivity contribution is 5.99. The third kappa shape index (κ3) is 24.7. The van der Waals surface area contributed by atoms with Crippen molar-refractivity contribution in [3.63, 3.8) is 0 Å². The van der Waals surface area contributed by atoms with Crippen molar-refractivity contribution in [2.45, 2.75) is 165 Å². The van der Waals surface area contributed by atoms with Crippen molar-refractivity contribution >= 4 is 88.0 Å². The first kappa shape index (κ1) is 72.1. The Morgan fingerprint density at radius 3 is 1.70 bits per heavy atom. The van der Waals surface area contributed by atoms with Gasteiger partial charge in [-0.3, -0.25) is 57.9 Å². The Balaban J connectivity index is 1.64. The van der Waals surface area contributed by atoms with Crippen LogP contribution in [0.5, 0.6) is 0 Å². The number of nitrogens with zero attached hydrogens (tertiary/aromatic N) is 3. The Hall–Kier alpha value is -9.39. The van der Waals surface area contributed by atoms with Crippen LogP contribution in [-0.2, 0) is 65.6 Å². The summed E-state index contributed by atoms with van der Waals surface area (Å²) in [5.74, 6) is -12.3. The van der Waals surface area contributed by atoms with Gasteiger partial charge < -0.3 is 96.8 Å². The quantitative estimate of drug-likeness (QED) is 0.0158. The molecule has 4 rings (SSSR count). The van der Waals surface area contributed by atoms with E-state index in [2.05, 4.69) is 52.2 Å². The number of likely N-dealkylation sites (tertiary alicyclic amines) is 1. The van der Waals surface area contributed by atoms with Gasteiger partial charge in [-0.25, -0.2) is 4.79 Å². The van der Waals surface area contributed by atoms with E-state index in [1.165, 1.54) is 4.90 Å². The van der Waals surface area contributed by atoms with Crippen LogP contribution >= 0.6 is 0 Å². The van der Waals surface area contributed by atoms with Crippen LogP contribution in [0.4, 0.5) is 0 Å². The number of hydrogen-bond donors (Lipinski definition) is 17. The summed E-state index contributed by atoms with van der Waals surface area (Å²) in [5.41, 5.74) is 35.7. The molecular weight excluding hydrogens is 1160 g/mol. The lowest BCUT2D eigenvalue weighted by molar-refractivity contribution is -0.144. The van der Waals surface area contributed by atoms with Gasteiger partial charge in [-0.05, 0) is 93.9 Å². The van der Waals surface area contributed by atoms with Gasteiger partial charge >= 0.3 is 17.9 Å². The average Bonchev–Trinajstić information content (AvgIpc) is 2.89. The second-order valence-corrected chi connectivity index (χ2v) is 22.2. The number of aliphatic imine (C=N–C) groups is 2. The number of fused-ring (bicyclic) bond motifs is 1. The average molecular weight is 1250 g/mol. The van der Waals surface area contributed by atoms with E-state index < -0.39 is 139 Å². The van der Waals surface area contributed by atoms with Gasteiger partial charge in [-0.2, -0.15) is 0 Å². The minimum Gasteiger partial charge on any atom is -0.481 e. The van der Waals surface area contributed by atoms with E-state index >= 15 is 0 Å². The fourth-order valence-corrected chi connectivity index (χ4v) is 9.99. The molecule has 9 atom stereocenters. The van der Waals surface area contributed by atoms with Crippen molar-refractivity contribution < 1.29 is 68.1 Å². The number of aromatic amines is 1. The zero-order valence-electron chi connectivity index (χ0n) is 50.1. The molecule has 488 valence electrons. The lowest BCUT2D eigenvalue weighted by atomic mass is 10.0. The summed E-state index contributed by atoms with van der Waals surface area (Å²) in [6.07, 6.45) is 0.700. The van der Waals surface area contributed by atoms with Crippen LogP contribution in [0.2, 0.25) is 0 Å². The van der Waals surface area contributed by atoms with Crippen molar-refractivity contribution in [3.8, 4) is 0 Å². The first-order valence-electron chi connectivity index (χ1n) is 29.5. The topological polar surface area (TPSA) is 533 Å². The third-order valence-electron chi connectivity index (χ3n) is 14.5. The van der Waals surface area contributed by atoms with Gasteiger partial charge in [0.05, 0.1) is 12.5 Å². The Morgan fingerprint density at radius 2 is 1.12 bits per heavy atom. The van der Waals surface area contributed by atoms with Gasteiger partial charge in [-0.1, -0.05) is 68.8 Å².